The van der Waals surface area contributed by atoms with Crippen LogP contribution in [0.1, 0.15) is 44.1 Å². The van der Waals surface area contributed by atoms with Crippen LogP contribution in [0.4, 0.5) is 5.69 Å². The maximum absolute atomic E-state index is 12.7. The summed E-state index contributed by atoms with van der Waals surface area (Å²) in [4.78, 5) is 14.6. The van der Waals surface area contributed by atoms with Crippen molar-refractivity contribution in [3.05, 3.63) is 23.8 Å². The van der Waals surface area contributed by atoms with Gasteiger partial charge in [-0.1, -0.05) is 19.1 Å². The molecule has 0 bridgehead atoms. The van der Waals surface area contributed by atoms with Gasteiger partial charge < -0.3 is 19.1 Å². The van der Waals surface area contributed by atoms with Crippen LogP contribution >= 0.6 is 0 Å². The minimum atomic E-state index is 0.0972. The van der Waals surface area contributed by atoms with Gasteiger partial charge in [-0.05, 0) is 36.8 Å². The molecule has 5 nitrogen and oxygen atoms in total. The Bertz CT molecular complexity index is 568. The molecule has 0 aromatic heterocycles. The van der Waals surface area contributed by atoms with Crippen LogP contribution in [0.5, 0.6) is 5.75 Å². The summed E-state index contributed by atoms with van der Waals surface area (Å²) in [5, 5.41) is 0. The number of nitrogens with zero attached hydrogens (tertiary/aromatic N) is 1. The van der Waals surface area contributed by atoms with Gasteiger partial charge in [0.15, 0.2) is 0 Å². The van der Waals surface area contributed by atoms with E-state index < -0.39 is 0 Å². The van der Waals surface area contributed by atoms with E-state index in [1.54, 1.807) is 7.11 Å². The third kappa shape index (κ3) is 3.73. The molecule has 24 heavy (non-hydrogen) atoms. The molecule has 2 heterocycles. The molecule has 1 fully saturated rings. The lowest BCUT2D eigenvalue weighted by atomic mass is 9.91. The molecule has 1 aromatic rings. The minimum absolute atomic E-state index is 0.0972. The van der Waals surface area contributed by atoms with E-state index in [4.69, 9.17) is 14.2 Å². The van der Waals surface area contributed by atoms with E-state index in [0.29, 0.717) is 25.6 Å². The highest BCUT2D eigenvalue weighted by Crippen LogP contribution is 2.41. The molecule has 0 spiro atoms. The van der Waals surface area contributed by atoms with Gasteiger partial charge in [-0.25, -0.2) is 0 Å². The van der Waals surface area contributed by atoms with Crippen molar-refractivity contribution >= 4 is 11.6 Å². The molecule has 0 unspecified atom stereocenters. The molecule has 0 aliphatic carbocycles. The smallest absolute Gasteiger partial charge is 0.229 e. The van der Waals surface area contributed by atoms with E-state index in [1.807, 2.05) is 17.0 Å². The number of methoxy groups -OCH3 is 1. The fourth-order valence-corrected chi connectivity index (χ4v) is 3.51. The van der Waals surface area contributed by atoms with Crippen molar-refractivity contribution < 1.29 is 19.0 Å². The Morgan fingerprint density at radius 3 is 3.00 bits per heavy atom. The zero-order valence-electron chi connectivity index (χ0n) is 14.6. The summed E-state index contributed by atoms with van der Waals surface area (Å²) >= 11 is 0. The van der Waals surface area contributed by atoms with Gasteiger partial charge >= 0.3 is 0 Å². The van der Waals surface area contributed by atoms with Gasteiger partial charge in [0.05, 0.1) is 38.5 Å². The predicted molar refractivity (Wildman–Crippen MR) is 92.8 cm³/mol. The minimum Gasteiger partial charge on any atom is -0.495 e. The zero-order chi connectivity index (χ0) is 16.9. The van der Waals surface area contributed by atoms with Gasteiger partial charge in [0.25, 0.3) is 0 Å². The van der Waals surface area contributed by atoms with Crippen molar-refractivity contribution in [3.8, 4) is 5.75 Å². The number of hydrogen-bond donors (Lipinski definition) is 0. The van der Waals surface area contributed by atoms with Gasteiger partial charge in [-0.3, -0.25) is 4.79 Å². The normalized spacial score (nSPS) is 23.2. The lowest BCUT2D eigenvalue weighted by Crippen LogP contribution is -2.37. The molecule has 2 aliphatic heterocycles. The van der Waals surface area contributed by atoms with Gasteiger partial charge in [-0.2, -0.15) is 0 Å². The number of anilines is 1. The van der Waals surface area contributed by atoms with Crippen LogP contribution in [0.25, 0.3) is 0 Å². The number of benzene rings is 1. The summed E-state index contributed by atoms with van der Waals surface area (Å²) in [6.45, 7) is 4.79. The first-order valence-electron chi connectivity index (χ1n) is 8.87. The number of para-hydroxylation sites is 1. The molecule has 2 atom stereocenters. The van der Waals surface area contributed by atoms with E-state index in [1.165, 1.54) is 5.56 Å². The Morgan fingerprint density at radius 1 is 1.38 bits per heavy atom. The van der Waals surface area contributed by atoms with Crippen molar-refractivity contribution in [3.63, 3.8) is 0 Å². The quantitative estimate of drug-likeness (QED) is 0.751. The molecule has 3 rings (SSSR count). The van der Waals surface area contributed by atoms with E-state index in [9.17, 15) is 4.79 Å². The SMILES string of the molecule is COc1cccc2c1N(C(=O)CCOC[C@@H]1CCCO1)CC[C@@H]2C. The largest absolute Gasteiger partial charge is 0.495 e. The van der Waals surface area contributed by atoms with Crippen LogP contribution in [0.15, 0.2) is 18.2 Å². The Balaban J connectivity index is 1.60. The molecule has 0 N–H and O–H groups in total. The second-order valence-corrected chi connectivity index (χ2v) is 6.59. The molecule has 132 valence electrons. The summed E-state index contributed by atoms with van der Waals surface area (Å²) < 4.78 is 16.7. The first-order chi connectivity index (χ1) is 11.7. The third-order valence-electron chi connectivity index (χ3n) is 4.93. The zero-order valence-corrected chi connectivity index (χ0v) is 14.6. The van der Waals surface area contributed by atoms with Crippen molar-refractivity contribution in [2.24, 2.45) is 0 Å². The van der Waals surface area contributed by atoms with Crippen LogP contribution in [0, 0.1) is 0 Å². The molecular formula is C19H27NO4. The fraction of sp³-hybridized carbons (Fsp3) is 0.632. The fourth-order valence-electron chi connectivity index (χ4n) is 3.51. The van der Waals surface area contributed by atoms with Crippen molar-refractivity contribution in [1.29, 1.82) is 0 Å². The van der Waals surface area contributed by atoms with Crippen LogP contribution < -0.4 is 9.64 Å². The van der Waals surface area contributed by atoms with Crippen LogP contribution in [-0.2, 0) is 14.3 Å². The number of carbonyl (C=O) groups excluding carboxylic acids is 1. The first-order valence-corrected chi connectivity index (χ1v) is 8.87. The molecule has 1 aromatic carbocycles. The maximum atomic E-state index is 12.7. The summed E-state index contributed by atoms with van der Waals surface area (Å²) in [6, 6.07) is 6.01. The van der Waals surface area contributed by atoms with Crippen LogP contribution in [0.2, 0.25) is 0 Å². The topological polar surface area (TPSA) is 48.0 Å². The standard InChI is InChI=1S/C19H27NO4/c1-14-8-10-20(19-16(14)6-3-7-17(19)22-2)18(21)9-12-23-13-15-5-4-11-24-15/h3,6-7,14-15H,4-5,8-13H2,1-2H3/t14-,15-/m0/s1. The highest BCUT2D eigenvalue weighted by molar-refractivity contribution is 5.96. The molecule has 0 saturated carbocycles. The van der Waals surface area contributed by atoms with Crippen molar-refractivity contribution in [2.45, 2.75) is 44.6 Å². The van der Waals surface area contributed by atoms with Gasteiger partial charge in [0.2, 0.25) is 5.91 Å². The molecule has 0 radical (unpaired) electrons. The summed E-state index contributed by atoms with van der Waals surface area (Å²) in [5.74, 6) is 1.31. The summed E-state index contributed by atoms with van der Waals surface area (Å²) in [6.07, 6.45) is 3.73. The Hall–Kier alpha value is -1.59. The number of carbonyl (C=O) groups is 1. The van der Waals surface area contributed by atoms with Gasteiger partial charge in [-0.15, -0.1) is 0 Å². The van der Waals surface area contributed by atoms with Gasteiger partial charge in [0.1, 0.15) is 5.75 Å². The number of ether oxygens (including phenoxy) is 3. The Kier molecular flexibility index (Phi) is 5.74. The third-order valence-corrected chi connectivity index (χ3v) is 4.93. The molecule has 1 amide bonds. The second-order valence-electron chi connectivity index (χ2n) is 6.59. The van der Waals surface area contributed by atoms with Crippen molar-refractivity contribution in [1.82, 2.24) is 0 Å². The highest BCUT2D eigenvalue weighted by atomic mass is 16.5. The van der Waals surface area contributed by atoms with E-state index >= 15 is 0 Å². The second kappa shape index (κ2) is 7.99. The highest BCUT2D eigenvalue weighted by Gasteiger charge is 2.29. The maximum Gasteiger partial charge on any atom is 0.229 e. The number of amides is 1. The lowest BCUT2D eigenvalue weighted by molar-refractivity contribution is -0.120. The molecule has 1 saturated heterocycles. The average Bonchev–Trinajstić information content (AvgIpc) is 3.12. The summed E-state index contributed by atoms with van der Waals surface area (Å²) in [5.41, 5.74) is 2.12. The molecule has 5 heteroatoms. The van der Waals surface area contributed by atoms with Crippen LogP contribution in [-0.4, -0.2) is 45.5 Å². The van der Waals surface area contributed by atoms with Crippen LogP contribution in [0.3, 0.4) is 0 Å². The summed E-state index contributed by atoms with van der Waals surface area (Å²) in [7, 11) is 1.66. The number of hydrogen-bond acceptors (Lipinski definition) is 4. The molecule has 2 aliphatic rings. The lowest BCUT2D eigenvalue weighted by Gasteiger charge is -2.34. The van der Waals surface area contributed by atoms with Gasteiger partial charge in [0, 0.05) is 13.2 Å². The number of fused-ring (bicyclic) bond motifs is 1. The first kappa shape index (κ1) is 17.2. The van der Waals surface area contributed by atoms with E-state index in [-0.39, 0.29) is 12.0 Å². The monoisotopic (exact) mass is 333 g/mol. The average molecular weight is 333 g/mol. The number of rotatable bonds is 6. The molecular weight excluding hydrogens is 306 g/mol. The Morgan fingerprint density at radius 2 is 2.25 bits per heavy atom. The predicted octanol–water partition coefficient (Wildman–Crippen LogP) is 3.12. The van der Waals surface area contributed by atoms with Crippen molar-refractivity contribution in [2.75, 3.05) is 38.4 Å². The van der Waals surface area contributed by atoms with E-state index in [0.717, 1.165) is 43.9 Å². The van der Waals surface area contributed by atoms with E-state index in [2.05, 4.69) is 13.0 Å². The Labute approximate surface area is 143 Å².